The molecule has 1 fully saturated rings. The third kappa shape index (κ3) is 4.62. The molecule has 1 saturated heterocycles. The van der Waals surface area contributed by atoms with Crippen LogP contribution in [0.5, 0.6) is 0 Å². The third-order valence-corrected chi connectivity index (χ3v) is 6.31. The predicted molar refractivity (Wildman–Crippen MR) is 119 cm³/mol. The summed E-state index contributed by atoms with van der Waals surface area (Å²) in [6.45, 7) is 4.71. The second-order valence-corrected chi connectivity index (χ2v) is 8.73. The molecule has 1 aromatic heterocycles. The van der Waals surface area contributed by atoms with E-state index in [4.69, 9.17) is 9.52 Å². The zero-order valence-corrected chi connectivity index (χ0v) is 17.9. The quantitative estimate of drug-likeness (QED) is 0.584. The molecular formula is C23H24N4O2S. The van der Waals surface area contributed by atoms with Gasteiger partial charge >= 0.3 is 0 Å². The van der Waals surface area contributed by atoms with Crippen molar-refractivity contribution >= 4 is 22.8 Å². The fourth-order valence-electron chi connectivity index (χ4n) is 3.32. The molecule has 1 amide bonds. The van der Waals surface area contributed by atoms with Crippen molar-refractivity contribution in [2.45, 2.75) is 38.8 Å². The maximum Gasteiger partial charge on any atom is 0.229 e. The SMILES string of the molecule is CC1(C)CSC(=NCc2ccccc2)N1C(=O)CCc1nc(-c2ccccc2)no1. The lowest BCUT2D eigenvalue weighted by atomic mass is 10.1. The van der Waals surface area contributed by atoms with Gasteiger partial charge in [-0.05, 0) is 19.4 Å². The molecule has 7 heteroatoms. The minimum absolute atomic E-state index is 0.0243. The Morgan fingerprint density at radius 1 is 1.13 bits per heavy atom. The first kappa shape index (κ1) is 20.3. The van der Waals surface area contributed by atoms with E-state index in [1.54, 1.807) is 11.8 Å². The molecule has 30 heavy (non-hydrogen) atoms. The smallest absolute Gasteiger partial charge is 0.229 e. The van der Waals surface area contributed by atoms with Crippen molar-refractivity contribution in [1.82, 2.24) is 15.0 Å². The van der Waals surface area contributed by atoms with E-state index in [1.807, 2.05) is 65.6 Å². The van der Waals surface area contributed by atoms with Crippen LogP contribution in [-0.4, -0.2) is 37.4 Å². The molecule has 2 aromatic carbocycles. The summed E-state index contributed by atoms with van der Waals surface area (Å²) in [6, 6.07) is 19.7. The second-order valence-electron chi connectivity index (χ2n) is 7.79. The van der Waals surface area contributed by atoms with E-state index in [-0.39, 0.29) is 11.4 Å². The molecule has 0 atom stereocenters. The molecule has 1 aliphatic rings. The summed E-state index contributed by atoms with van der Waals surface area (Å²) in [6.07, 6.45) is 0.701. The zero-order valence-electron chi connectivity index (χ0n) is 17.1. The highest BCUT2D eigenvalue weighted by molar-refractivity contribution is 8.14. The molecule has 0 unspecified atom stereocenters. The lowest BCUT2D eigenvalue weighted by molar-refractivity contribution is -0.130. The van der Waals surface area contributed by atoms with E-state index < -0.39 is 0 Å². The van der Waals surface area contributed by atoms with Gasteiger partial charge in [0.1, 0.15) is 0 Å². The predicted octanol–water partition coefficient (Wildman–Crippen LogP) is 4.58. The Labute approximate surface area is 180 Å². The number of aromatic nitrogens is 2. The van der Waals surface area contributed by atoms with Crippen LogP contribution in [0.1, 0.15) is 31.7 Å². The number of hydrogen-bond donors (Lipinski definition) is 0. The average Bonchev–Trinajstić information content (AvgIpc) is 3.36. The lowest BCUT2D eigenvalue weighted by Gasteiger charge is -2.30. The minimum atomic E-state index is -0.276. The molecule has 6 nitrogen and oxygen atoms in total. The molecular weight excluding hydrogens is 396 g/mol. The number of amidine groups is 1. The number of carbonyl (C=O) groups is 1. The number of rotatable bonds is 6. The van der Waals surface area contributed by atoms with Gasteiger partial charge < -0.3 is 4.52 Å². The molecule has 0 bridgehead atoms. The van der Waals surface area contributed by atoms with Gasteiger partial charge in [-0.3, -0.25) is 14.7 Å². The average molecular weight is 421 g/mol. The van der Waals surface area contributed by atoms with Gasteiger partial charge in [0.2, 0.25) is 17.6 Å². The van der Waals surface area contributed by atoms with E-state index in [1.165, 1.54) is 0 Å². The Kier molecular flexibility index (Phi) is 5.99. The highest BCUT2D eigenvalue weighted by Gasteiger charge is 2.40. The van der Waals surface area contributed by atoms with E-state index in [2.05, 4.69) is 24.0 Å². The maximum atomic E-state index is 13.1. The van der Waals surface area contributed by atoms with Crippen LogP contribution < -0.4 is 0 Å². The van der Waals surface area contributed by atoms with Crippen LogP contribution in [-0.2, 0) is 17.8 Å². The number of amides is 1. The summed E-state index contributed by atoms with van der Waals surface area (Å²) in [7, 11) is 0. The van der Waals surface area contributed by atoms with Gasteiger partial charge in [0, 0.05) is 24.2 Å². The van der Waals surface area contributed by atoms with Crippen molar-refractivity contribution in [1.29, 1.82) is 0 Å². The van der Waals surface area contributed by atoms with Crippen molar-refractivity contribution in [2.24, 2.45) is 4.99 Å². The summed E-state index contributed by atoms with van der Waals surface area (Å²) in [5.41, 5.74) is 1.75. The monoisotopic (exact) mass is 420 g/mol. The number of carbonyl (C=O) groups excluding carboxylic acids is 1. The Hall–Kier alpha value is -2.93. The highest BCUT2D eigenvalue weighted by atomic mass is 32.2. The second kappa shape index (κ2) is 8.83. The summed E-state index contributed by atoms with van der Waals surface area (Å²) >= 11 is 1.63. The van der Waals surface area contributed by atoms with Gasteiger partial charge in [-0.2, -0.15) is 4.98 Å². The Balaban J connectivity index is 1.42. The number of thioether (sulfide) groups is 1. The molecule has 3 aromatic rings. The fourth-order valence-corrected chi connectivity index (χ4v) is 4.56. The minimum Gasteiger partial charge on any atom is -0.339 e. The number of aryl methyl sites for hydroxylation is 1. The van der Waals surface area contributed by atoms with Crippen molar-refractivity contribution < 1.29 is 9.32 Å². The van der Waals surface area contributed by atoms with Crippen LogP contribution >= 0.6 is 11.8 Å². The van der Waals surface area contributed by atoms with Crippen LogP contribution in [0.25, 0.3) is 11.4 Å². The number of aliphatic imine (C=N–C) groups is 1. The molecule has 0 spiro atoms. The van der Waals surface area contributed by atoms with Crippen LogP contribution in [0.15, 0.2) is 70.2 Å². The maximum absolute atomic E-state index is 13.1. The first-order chi connectivity index (χ1) is 14.5. The summed E-state index contributed by atoms with van der Waals surface area (Å²) in [5, 5.41) is 4.81. The van der Waals surface area contributed by atoms with Gasteiger partial charge in [-0.25, -0.2) is 0 Å². The Morgan fingerprint density at radius 2 is 1.83 bits per heavy atom. The standard InChI is InChI=1S/C23H24N4O2S/c1-23(2)16-30-22(24-15-17-9-5-3-6-10-17)27(23)20(28)14-13-19-25-21(26-29-19)18-11-7-4-8-12-18/h3-12H,13-16H2,1-2H3. The third-order valence-electron chi connectivity index (χ3n) is 4.89. The highest BCUT2D eigenvalue weighted by Crippen LogP contribution is 2.33. The van der Waals surface area contributed by atoms with Crippen molar-refractivity contribution in [2.75, 3.05) is 5.75 Å². The normalized spacial score (nSPS) is 16.9. The van der Waals surface area contributed by atoms with E-state index in [0.29, 0.717) is 31.1 Å². The number of nitrogens with zero attached hydrogens (tertiary/aromatic N) is 4. The van der Waals surface area contributed by atoms with Crippen molar-refractivity contribution in [3.05, 3.63) is 72.1 Å². The van der Waals surface area contributed by atoms with E-state index in [9.17, 15) is 4.79 Å². The van der Waals surface area contributed by atoms with Crippen LogP contribution in [0.3, 0.4) is 0 Å². The molecule has 0 saturated carbocycles. The number of hydrogen-bond acceptors (Lipinski definition) is 6. The van der Waals surface area contributed by atoms with E-state index in [0.717, 1.165) is 22.0 Å². The summed E-state index contributed by atoms with van der Waals surface area (Å²) < 4.78 is 5.35. The van der Waals surface area contributed by atoms with E-state index >= 15 is 0 Å². The van der Waals surface area contributed by atoms with Crippen LogP contribution in [0.2, 0.25) is 0 Å². The van der Waals surface area contributed by atoms with Gasteiger partial charge in [0.15, 0.2) is 5.17 Å². The first-order valence-electron chi connectivity index (χ1n) is 9.95. The summed E-state index contributed by atoms with van der Waals surface area (Å²) in [4.78, 5) is 24.1. The Bertz CT molecular complexity index is 1030. The molecule has 2 heterocycles. The fraction of sp³-hybridized carbons (Fsp3) is 0.304. The molecule has 1 aliphatic heterocycles. The molecule has 154 valence electrons. The molecule has 0 N–H and O–H groups in total. The largest absolute Gasteiger partial charge is 0.339 e. The molecule has 0 aliphatic carbocycles. The molecule has 0 radical (unpaired) electrons. The topological polar surface area (TPSA) is 71.6 Å². The molecule has 4 rings (SSSR count). The lowest BCUT2D eigenvalue weighted by Crippen LogP contribution is -2.46. The van der Waals surface area contributed by atoms with Gasteiger partial charge in [-0.1, -0.05) is 77.6 Å². The van der Waals surface area contributed by atoms with Crippen molar-refractivity contribution in [3.63, 3.8) is 0 Å². The number of benzene rings is 2. The van der Waals surface area contributed by atoms with Crippen LogP contribution in [0, 0.1) is 0 Å². The van der Waals surface area contributed by atoms with Gasteiger partial charge in [-0.15, -0.1) is 0 Å². The van der Waals surface area contributed by atoms with Gasteiger partial charge in [0.25, 0.3) is 0 Å². The summed E-state index contributed by atoms with van der Waals surface area (Å²) in [5.74, 6) is 1.86. The zero-order chi connectivity index (χ0) is 21.0. The van der Waals surface area contributed by atoms with Crippen LogP contribution in [0.4, 0.5) is 0 Å². The first-order valence-corrected chi connectivity index (χ1v) is 10.9. The Morgan fingerprint density at radius 3 is 2.57 bits per heavy atom. The van der Waals surface area contributed by atoms with Gasteiger partial charge in [0.05, 0.1) is 12.1 Å². The van der Waals surface area contributed by atoms with Crippen molar-refractivity contribution in [3.8, 4) is 11.4 Å².